The Morgan fingerprint density at radius 2 is 1.68 bits per heavy atom. The van der Waals surface area contributed by atoms with Crippen LogP contribution in [0.4, 0.5) is 0 Å². The molecule has 1 aliphatic heterocycles. The van der Waals surface area contributed by atoms with Crippen LogP contribution in [-0.4, -0.2) is 50.6 Å². The molecular weight excluding hydrogens is 532 g/mol. The number of piperidine rings is 1. The first-order valence-electron chi connectivity index (χ1n) is 14.4. The largest absolute Gasteiger partial charge is 0.496 e. The lowest BCUT2D eigenvalue weighted by atomic mass is 9.78. The maximum atomic E-state index is 13.3. The smallest absolute Gasteiger partial charge is 0.242 e. The van der Waals surface area contributed by atoms with Crippen LogP contribution >= 0.6 is 11.3 Å². The van der Waals surface area contributed by atoms with Crippen LogP contribution in [0.15, 0.2) is 42.6 Å². The second kappa shape index (κ2) is 11.2. The van der Waals surface area contributed by atoms with E-state index in [9.17, 15) is 9.90 Å². The molecule has 2 aromatic heterocycles. The Labute approximate surface area is 247 Å². The van der Waals surface area contributed by atoms with Gasteiger partial charge in [0.1, 0.15) is 29.7 Å². The Morgan fingerprint density at radius 3 is 2.27 bits per heavy atom. The number of hydrogen-bond donors (Lipinski definition) is 1. The number of rotatable bonds is 6. The first-order chi connectivity index (χ1) is 19.4. The van der Waals surface area contributed by atoms with E-state index < -0.39 is 0 Å². The van der Waals surface area contributed by atoms with Crippen molar-refractivity contribution in [3.05, 3.63) is 64.4 Å². The molecule has 1 N–H and O–H groups in total. The summed E-state index contributed by atoms with van der Waals surface area (Å²) in [5, 5.41) is 10.8. The highest BCUT2D eigenvalue weighted by molar-refractivity contribution is 7.15. The van der Waals surface area contributed by atoms with Crippen LogP contribution in [0.3, 0.4) is 0 Å². The molecule has 3 heterocycles. The minimum absolute atomic E-state index is 0.0638. The van der Waals surface area contributed by atoms with E-state index in [4.69, 9.17) is 9.72 Å². The van der Waals surface area contributed by atoms with Crippen molar-refractivity contribution in [2.45, 2.75) is 84.3 Å². The van der Waals surface area contributed by atoms with Crippen molar-refractivity contribution in [2.75, 3.05) is 20.2 Å². The summed E-state index contributed by atoms with van der Waals surface area (Å²) in [6, 6.07) is 12.2. The van der Waals surface area contributed by atoms with Crippen LogP contribution in [-0.2, 0) is 28.8 Å². The lowest BCUT2D eigenvalue weighted by molar-refractivity contribution is -0.132. The number of aliphatic hydroxyl groups is 1. The monoisotopic (exact) mass is 574 g/mol. The summed E-state index contributed by atoms with van der Waals surface area (Å²) < 4.78 is 7.79. The maximum Gasteiger partial charge on any atom is 0.242 e. The number of amides is 1. The first-order valence-corrected chi connectivity index (χ1v) is 15.2. The Kier molecular flexibility index (Phi) is 8.01. The molecule has 41 heavy (non-hydrogen) atoms. The van der Waals surface area contributed by atoms with Gasteiger partial charge in [-0.15, -0.1) is 11.3 Å². The molecule has 218 valence electrons. The Morgan fingerprint density at radius 1 is 1.05 bits per heavy atom. The highest BCUT2D eigenvalue weighted by atomic mass is 32.1. The number of para-hydroxylation sites is 2. The Hall–Kier alpha value is -3.23. The number of ether oxygens (including phenoxy) is 1. The predicted octanol–water partition coefficient (Wildman–Crippen LogP) is 6.66. The maximum absolute atomic E-state index is 13.3. The molecule has 1 saturated heterocycles. The van der Waals surface area contributed by atoms with Gasteiger partial charge in [0.25, 0.3) is 0 Å². The van der Waals surface area contributed by atoms with E-state index in [1.165, 1.54) is 16.0 Å². The van der Waals surface area contributed by atoms with Gasteiger partial charge in [-0.3, -0.25) is 4.79 Å². The lowest BCUT2D eigenvalue weighted by Gasteiger charge is -2.31. The molecule has 0 radical (unpaired) electrons. The molecule has 4 aromatic rings. The zero-order valence-corrected chi connectivity index (χ0v) is 26.1. The molecule has 0 unspecified atom stereocenters. The molecule has 1 amide bonds. The van der Waals surface area contributed by atoms with Crippen molar-refractivity contribution in [2.24, 2.45) is 0 Å². The number of hydrogen-bond acceptors (Lipinski definition) is 6. The Balaban J connectivity index is 1.31. The first kappa shape index (κ1) is 29.3. The number of nitrogens with zero attached hydrogens (tertiary/aromatic N) is 4. The minimum atomic E-state index is -0.194. The third kappa shape index (κ3) is 5.90. The van der Waals surface area contributed by atoms with Gasteiger partial charge in [-0.25, -0.2) is 9.97 Å². The molecule has 2 aromatic carbocycles. The summed E-state index contributed by atoms with van der Waals surface area (Å²) in [6.45, 7) is 14.8. The summed E-state index contributed by atoms with van der Waals surface area (Å²) in [7, 11) is 1.77. The van der Waals surface area contributed by atoms with Crippen molar-refractivity contribution in [1.82, 2.24) is 19.4 Å². The zero-order valence-electron chi connectivity index (χ0n) is 25.3. The van der Waals surface area contributed by atoms with Gasteiger partial charge in [-0.2, -0.15) is 0 Å². The molecule has 7 nitrogen and oxygen atoms in total. The molecule has 0 saturated carbocycles. The number of methoxy groups -OCH3 is 1. The molecule has 0 atom stereocenters. The zero-order chi connectivity index (χ0) is 29.5. The van der Waals surface area contributed by atoms with Crippen molar-refractivity contribution in [1.29, 1.82) is 0 Å². The number of carbonyl (C=O) groups is 1. The SMILES string of the molecule is COc1c(C(C)(C)C)cc(-c2ncc(C3CCN(C(=O)Cn4c(CO)nc5ccccc54)CC3)s2)cc1C(C)(C)C. The molecule has 1 fully saturated rings. The van der Waals surface area contributed by atoms with Crippen LogP contribution in [0.1, 0.15) is 82.1 Å². The number of aliphatic hydroxyl groups excluding tert-OH is 1. The Bertz CT molecular complexity index is 1510. The fourth-order valence-corrected chi connectivity index (χ4v) is 6.84. The van der Waals surface area contributed by atoms with Crippen molar-refractivity contribution in [3.8, 4) is 16.3 Å². The normalized spacial score (nSPS) is 15.1. The van der Waals surface area contributed by atoms with Crippen LogP contribution in [0.25, 0.3) is 21.6 Å². The highest BCUT2D eigenvalue weighted by Gasteiger charge is 2.30. The van der Waals surface area contributed by atoms with Gasteiger partial charge < -0.3 is 19.3 Å². The standard InChI is InChI=1S/C33H42N4O3S/c1-32(2,3)23-16-22(17-24(30(23)40-7)33(4,5)6)31-34-18-27(41-31)21-12-14-36(15-13-21)29(39)19-37-26-11-9-8-10-25(26)35-28(37)20-38/h8-11,16-18,21,38H,12-15,19-20H2,1-7H3. The topological polar surface area (TPSA) is 80.5 Å². The van der Waals surface area contributed by atoms with Crippen LogP contribution in [0, 0.1) is 0 Å². The summed E-state index contributed by atoms with van der Waals surface area (Å²) in [6.07, 6.45) is 3.85. The second-order valence-electron chi connectivity index (χ2n) is 13.1. The van der Waals surface area contributed by atoms with E-state index in [1.807, 2.05) is 39.9 Å². The summed E-state index contributed by atoms with van der Waals surface area (Å²) >= 11 is 1.77. The third-order valence-corrected chi connectivity index (χ3v) is 9.31. The van der Waals surface area contributed by atoms with Gasteiger partial charge in [0.15, 0.2) is 0 Å². The van der Waals surface area contributed by atoms with E-state index in [0.29, 0.717) is 24.8 Å². The van der Waals surface area contributed by atoms with Crippen molar-refractivity contribution in [3.63, 3.8) is 0 Å². The van der Waals surface area contributed by atoms with E-state index in [-0.39, 0.29) is 29.9 Å². The van der Waals surface area contributed by atoms with E-state index in [2.05, 4.69) is 58.7 Å². The van der Waals surface area contributed by atoms with Gasteiger partial charge in [0, 0.05) is 40.9 Å². The predicted molar refractivity (Wildman–Crippen MR) is 166 cm³/mol. The van der Waals surface area contributed by atoms with Gasteiger partial charge in [0.05, 0.1) is 18.1 Å². The minimum Gasteiger partial charge on any atom is -0.496 e. The number of fused-ring (bicyclic) bond motifs is 1. The molecule has 5 rings (SSSR count). The summed E-state index contributed by atoms with van der Waals surface area (Å²) in [5.41, 5.74) is 5.06. The average Bonchev–Trinajstić information content (AvgIpc) is 3.57. The molecule has 0 aliphatic carbocycles. The number of carbonyl (C=O) groups excluding carboxylic acids is 1. The third-order valence-electron chi connectivity index (χ3n) is 8.10. The molecule has 1 aliphatic rings. The van der Waals surface area contributed by atoms with Crippen LogP contribution < -0.4 is 4.74 Å². The molecule has 8 heteroatoms. The van der Waals surface area contributed by atoms with Gasteiger partial charge >= 0.3 is 0 Å². The van der Waals surface area contributed by atoms with E-state index >= 15 is 0 Å². The summed E-state index contributed by atoms with van der Waals surface area (Å²) in [5.74, 6) is 1.94. The average molecular weight is 575 g/mol. The number of likely N-dealkylation sites (tertiary alicyclic amines) is 1. The van der Waals surface area contributed by atoms with Crippen molar-refractivity contribution < 1.29 is 14.6 Å². The molecule has 0 spiro atoms. The quantitative estimate of drug-likeness (QED) is 0.279. The highest BCUT2D eigenvalue weighted by Crippen LogP contribution is 2.44. The molecule has 0 bridgehead atoms. The number of imidazole rings is 1. The van der Waals surface area contributed by atoms with Gasteiger partial charge in [-0.05, 0) is 53.9 Å². The molecular formula is C33H42N4O3S. The van der Waals surface area contributed by atoms with E-state index in [1.54, 1.807) is 18.4 Å². The number of thiazole rings is 1. The second-order valence-corrected chi connectivity index (χ2v) is 14.2. The van der Waals surface area contributed by atoms with E-state index in [0.717, 1.165) is 40.2 Å². The lowest BCUT2D eigenvalue weighted by Crippen LogP contribution is -2.39. The number of aromatic nitrogens is 3. The number of benzene rings is 2. The fourth-order valence-electron chi connectivity index (χ4n) is 5.77. The van der Waals surface area contributed by atoms with Gasteiger partial charge in [0.2, 0.25) is 5.91 Å². The van der Waals surface area contributed by atoms with Gasteiger partial charge in [-0.1, -0.05) is 53.7 Å². The summed E-state index contributed by atoms with van der Waals surface area (Å²) in [4.78, 5) is 25.9. The fraction of sp³-hybridized carbons (Fsp3) is 0.485. The van der Waals surface area contributed by atoms with Crippen molar-refractivity contribution >= 4 is 28.3 Å². The van der Waals surface area contributed by atoms with Crippen LogP contribution in [0.2, 0.25) is 0 Å². The van der Waals surface area contributed by atoms with Crippen LogP contribution in [0.5, 0.6) is 5.75 Å².